The van der Waals surface area contributed by atoms with E-state index in [0.717, 1.165) is 22.6 Å². The molecule has 2 aromatic carbocycles. The third-order valence-electron chi connectivity index (χ3n) is 4.51. The highest BCUT2D eigenvalue weighted by Gasteiger charge is 2.27. The van der Waals surface area contributed by atoms with E-state index in [1.165, 1.54) is 31.0 Å². The molecule has 2 nitrogen and oxygen atoms in total. The second-order valence-electron chi connectivity index (χ2n) is 6.73. The van der Waals surface area contributed by atoms with E-state index >= 15 is 0 Å². The fourth-order valence-corrected chi connectivity index (χ4v) is 5.00. The Bertz CT molecular complexity index is 646. The third kappa shape index (κ3) is 8.54. The van der Waals surface area contributed by atoms with Gasteiger partial charge in [0.25, 0.3) is 0 Å². The number of aliphatic hydroxyl groups excluding tert-OH is 1. The molecule has 0 aliphatic rings. The topological polar surface area (TPSA) is 37.3 Å². The molecule has 4 heteroatoms. The normalized spacial score (nSPS) is 13.3. The van der Waals surface area contributed by atoms with Crippen molar-refractivity contribution in [1.82, 2.24) is 0 Å². The van der Waals surface area contributed by atoms with Crippen LogP contribution in [0.25, 0.3) is 0 Å². The van der Waals surface area contributed by atoms with Crippen LogP contribution in [0.15, 0.2) is 70.5 Å². The second-order valence-corrected chi connectivity index (χ2v) is 8.91. The van der Waals surface area contributed by atoms with Gasteiger partial charge in [0.1, 0.15) is 0 Å². The minimum Gasteiger partial charge on any atom is -0.392 e. The van der Waals surface area contributed by atoms with Crippen molar-refractivity contribution in [3.63, 3.8) is 0 Å². The Morgan fingerprint density at radius 2 is 1.48 bits per heavy atom. The molecule has 2 rings (SSSR count). The van der Waals surface area contributed by atoms with E-state index in [1.54, 1.807) is 11.8 Å². The number of hydrogen-bond donors (Lipinski definition) is 1. The number of carbonyl (C=O) groups is 1. The van der Waals surface area contributed by atoms with Crippen LogP contribution in [0.1, 0.15) is 45.4 Å². The monoisotopic (exact) mass is 402 g/mol. The highest BCUT2D eigenvalue weighted by Crippen LogP contribution is 2.30. The van der Waals surface area contributed by atoms with Crippen molar-refractivity contribution in [2.75, 3.05) is 5.75 Å². The highest BCUT2D eigenvalue weighted by molar-refractivity contribution is 8.13. The van der Waals surface area contributed by atoms with Crippen LogP contribution in [0.5, 0.6) is 0 Å². The standard InChI is InChI=1S/C23H30O2S2/c1-2-3-4-5-12-17-22(24)21(18-26-19-13-8-6-9-14-19)23(25)27-20-15-10-7-11-16-20/h6-11,13-16,21-22,24H,2-5,12,17-18H2,1H3/t21-,22-/m1/s1. The third-order valence-corrected chi connectivity index (χ3v) is 6.65. The molecule has 2 aromatic rings. The van der Waals surface area contributed by atoms with Crippen LogP contribution in [0.4, 0.5) is 0 Å². The largest absolute Gasteiger partial charge is 0.392 e. The number of carbonyl (C=O) groups excluding carboxylic acids is 1. The van der Waals surface area contributed by atoms with E-state index in [2.05, 4.69) is 6.92 Å². The summed E-state index contributed by atoms with van der Waals surface area (Å²) >= 11 is 2.90. The van der Waals surface area contributed by atoms with Gasteiger partial charge in [-0.25, -0.2) is 0 Å². The maximum absolute atomic E-state index is 12.9. The smallest absolute Gasteiger partial charge is 0.200 e. The van der Waals surface area contributed by atoms with Crippen LogP contribution < -0.4 is 0 Å². The number of benzene rings is 2. The molecule has 0 fully saturated rings. The average Bonchev–Trinajstić information content (AvgIpc) is 2.69. The highest BCUT2D eigenvalue weighted by atomic mass is 32.2. The molecule has 0 unspecified atom stereocenters. The first-order valence-corrected chi connectivity index (χ1v) is 11.6. The zero-order valence-corrected chi connectivity index (χ0v) is 17.7. The predicted molar refractivity (Wildman–Crippen MR) is 117 cm³/mol. The molecule has 1 N–H and O–H groups in total. The van der Waals surface area contributed by atoms with Gasteiger partial charge in [-0.05, 0) is 30.7 Å². The quantitative estimate of drug-likeness (QED) is 0.328. The molecule has 0 aliphatic heterocycles. The summed E-state index contributed by atoms with van der Waals surface area (Å²) in [7, 11) is 0. The lowest BCUT2D eigenvalue weighted by molar-refractivity contribution is -0.116. The van der Waals surface area contributed by atoms with Crippen LogP contribution in [-0.4, -0.2) is 22.1 Å². The lowest BCUT2D eigenvalue weighted by Crippen LogP contribution is -2.28. The molecule has 2 atom stereocenters. The Morgan fingerprint density at radius 1 is 0.889 bits per heavy atom. The summed E-state index contributed by atoms with van der Waals surface area (Å²) in [5.41, 5.74) is 0. The molecule has 0 bridgehead atoms. The van der Waals surface area contributed by atoms with Crippen molar-refractivity contribution in [1.29, 1.82) is 0 Å². The van der Waals surface area contributed by atoms with Gasteiger partial charge in [-0.1, -0.05) is 87.2 Å². The zero-order chi connectivity index (χ0) is 19.3. The van der Waals surface area contributed by atoms with Crippen LogP contribution in [-0.2, 0) is 4.79 Å². The summed E-state index contributed by atoms with van der Waals surface area (Å²) in [6.45, 7) is 2.20. The maximum atomic E-state index is 12.9. The van der Waals surface area contributed by atoms with Crippen LogP contribution in [0.2, 0.25) is 0 Å². The lowest BCUT2D eigenvalue weighted by Gasteiger charge is -2.21. The van der Waals surface area contributed by atoms with E-state index in [0.29, 0.717) is 12.2 Å². The van der Waals surface area contributed by atoms with Gasteiger partial charge in [0.2, 0.25) is 0 Å². The van der Waals surface area contributed by atoms with E-state index in [9.17, 15) is 9.90 Å². The Kier molecular flexibility index (Phi) is 10.6. The van der Waals surface area contributed by atoms with E-state index in [1.807, 2.05) is 60.7 Å². The van der Waals surface area contributed by atoms with Crippen molar-refractivity contribution in [3.05, 3.63) is 60.7 Å². The molecule has 0 radical (unpaired) electrons. The van der Waals surface area contributed by atoms with Crippen LogP contribution in [0.3, 0.4) is 0 Å². The summed E-state index contributed by atoms with van der Waals surface area (Å²) in [6.07, 6.45) is 5.90. The first kappa shape index (κ1) is 22.1. The maximum Gasteiger partial charge on any atom is 0.200 e. The van der Waals surface area contributed by atoms with Crippen molar-refractivity contribution in [3.8, 4) is 0 Å². The van der Waals surface area contributed by atoms with Gasteiger partial charge < -0.3 is 5.11 Å². The summed E-state index contributed by atoms with van der Waals surface area (Å²) in [6, 6.07) is 19.8. The Hall–Kier alpha value is -1.23. The molecule has 0 aliphatic carbocycles. The number of thioether (sulfide) groups is 2. The van der Waals surface area contributed by atoms with E-state index in [-0.39, 0.29) is 11.0 Å². The lowest BCUT2D eigenvalue weighted by atomic mass is 9.99. The fraction of sp³-hybridized carbons (Fsp3) is 0.435. The van der Waals surface area contributed by atoms with Crippen LogP contribution >= 0.6 is 23.5 Å². The first-order valence-electron chi connectivity index (χ1n) is 9.83. The van der Waals surface area contributed by atoms with Crippen molar-refractivity contribution in [2.24, 2.45) is 5.92 Å². The number of hydrogen-bond acceptors (Lipinski definition) is 4. The molecule has 27 heavy (non-hydrogen) atoms. The predicted octanol–water partition coefficient (Wildman–Crippen LogP) is 6.44. The molecule has 0 heterocycles. The van der Waals surface area contributed by atoms with Crippen molar-refractivity contribution in [2.45, 2.75) is 61.3 Å². The van der Waals surface area contributed by atoms with Gasteiger partial charge in [0.05, 0.1) is 12.0 Å². The second kappa shape index (κ2) is 13.0. The summed E-state index contributed by atoms with van der Waals surface area (Å²) in [5, 5.41) is 10.8. The van der Waals surface area contributed by atoms with Crippen LogP contribution in [0, 0.1) is 5.92 Å². The Labute approximate surface area is 172 Å². The summed E-state index contributed by atoms with van der Waals surface area (Å²) < 4.78 is 0. The van der Waals surface area contributed by atoms with Gasteiger partial charge in [0.15, 0.2) is 5.12 Å². The molecular weight excluding hydrogens is 372 g/mol. The molecule has 0 amide bonds. The minimum absolute atomic E-state index is 0.0608. The van der Waals surface area contributed by atoms with Gasteiger partial charge in [-0.15, -0.1) is 11.8 Å². The number of aliphatic hydroxyl groups is 1. The molecule has 0 saturated carbocycles. The van der Waals surface area contributed by atoms with Gasteiger partial charge >= 0.3 is 0 Å². The first-order chi connectivity index (χ1) is 13.2. The van der Waals surface area contributed by atoms with Gasteiger partial charge in [0, 0.05) is 15.5 Å². The van der Waals surface area contributed by atoms with E-state index < -0.39 is 6.10 Å². The number of unbranched alkanes of at least 4 members (excludes halogenated alkanes) is 4. The average molecular weight is 403 g/mol. The molecule has 0 spiro atoms. The Morgan fingerprint density at radius 3 is 2.11 bits per heavy atom. The fourth-order valence-electron chi connectivity index (χ4n) is 2.88. The van der Waals surface area contributed by atoms with Gasteiger partial charge in [-0.3, -0.25) is 4.79 Å². The molecular formula is C23H30O2S2. The van der Waals surface area contributed by atoms with Crippen molar-refractivity contribution < 1.29 is 9.90 Å². The number of rotatable bonds is 12. The summed E-state index contributed by atoms with van der Waals surface area (Å²) in [4.78, 5) is 15.0. The SMILES string of the molecule is CCCCCCC[C@@H](O)[C@@H](CSc1ccccc1)C(=O)Sc1ccccc1. The Balaban J connectivity index is 1.94. The van der Waals surface area contributed by atoms with Crippen molar-refractivity contribution >= 4 is 28.6 Å². The molecule has 0 aromatic heterocycles. The van der Waals surface area contributed by atoms with Gasteiger partial charge in [-0.2, -0.15) is 0 Å². The molecule has 146 valence electrons. The minimum atomic E-state index is -0.577. The van der Waals surface area contributed by atoms with E-state index in [4.69, 9.17) is 0 Å². The summed E-state index contributed by atoms with van der Waals surface area (Å²) in [5.74, 6) is 0.255. The zero-order valence-electron chi connectivity index (χ0n) is 16.0. The molecule has 0 saturated heterocycles.